The predicted octanol–water partition coefficient (Wildman–Crippen LogP) is 2.41. The molecule has 3 nitrogen and oxygen atoms in total. The van der Waals surface area contributed by atoms with Gasteiger partial charge in [-0.1, -0.05) is 19.9 Å². The van der Waals surface area contributed by atoms with Gasteiger partial charge in [0.1, 0.15) is 0 Å². The van der Waals surface area contributed by atoms with E-state index in [2.05, 4.69) is 37.5 Å². The van der Waals surface area contributed by atoms with Crippen LogP contribution in [0.25, 0.3) is 0 Å². The minimum absolute atomic E-state index is 0.0115. The molecule has 1 aromatic heterocycles. The van der Waals surface area contributed by atoms with Crippen LogP contribution in [0.5, 0.6) is 0 Å². The van der Waals surface area contributed by atoms with Crippen LogP contribution in [0.15, 0.2) is 17.5 Å². The second-order valence-corrected chi connectivity index (χ2v) is 5.86. The molecule has 2 atom stereocenters. The summed E-state index contributed by atoms with van der Waals surface area (Å²) in [4.78, 5) is 15.5. The fourth-order valence-electron chi connectivity index (χ4n) is 2.33. The molecule has 0 saturated carbocycles. The third kappa shape index (κ3) is 2.69. The van der Waals surface area contributed by atoms with Gasteiger partial charge in [-0.2, -0.15) is 0 Å². The Kier molecular flexibility index (Phi) is 3.84. The zero-order valence-corrected chi connectivity index (χ0v) is 11.5. The van der Waals surface area contributed by atoms with Crippen molar-refractivity contribution < 1.29 is 4.79 Å². The molecule has 2 rings (SSSR count). The molecule has 1 fully saturated rings. The van der Waals surface area contributed by atoms with Crippen molar-refractivity contribution in [3.8, 4) is 0 Å². The number of rotatable bonds is 4. The molecule has 0 aromatic carbocycles. The number of likely N-dealkylation sites (tertiary alicyclic amines) is 1. The summed E-state index contributed by atoms with van der Waals surface area (Å²) in [5.74, 6) is 0.250. The molecule has 94 valence electrons. The van der Waals surface area contributed by atoms with Crippen molar-refractivity contribution in [1.29, 1.82) is 0 Å². The average Bonchev–Trinajstić information content (AvgIpc) is 2.88. The fraction of sp³-hybridized carbons (Fsp3) is 0.615. The predicted molar refractivity (Wildman–Crippen MR) is 71.1 cm³/mol. The van der Waals surface area contributed by atoms with Crippen LogP contribution in [0.2, 0.25) is 0 Å². The molecule has 4 heteroatoms. The van der Waals surface area contributed by atoms with E-state index in [9.17, 15) is 4.79 Å². The minimum atomic E-state index is 0.0115. The summed E-state index contributed by atoms with van der Waals surface area (Å²) in [5, 5.41) is 5.40. The Labute approximate surface area is 107 Å². The van der Waals surface area contributed by atoms with E-state index in [-0.39, 0.29) is 18.0 Å². The molecule has 1 amide bonds. The molecule has 0 radical (unpaired) electrons. The summed E-state index contributed by atoms with van der Waals surface area (Å²) in [5.41, 5.74) is 0. The highest BCUT2D eigenvalue weighted by Crippen LogP contribution is 2.28. The van der Waals surface area contributed by atoms with Crippen molar-refractivity contribution in [2.24, 2.45) is 0 Å². The summed E-state index contributed by atoms with van der Waals surface area (Å²) in [7, 11) is 0. The van der Waals surface area contributed by atoms with Gasteiger partial charge in [-0.3, -0.25) is 4.79 Å². The first-order valence-electron chi connectivity index (χ1n) is 6.19. The number of carbonyl (C=O) groups excluding carboxylic acids is 1. The summed E-state index contributed by atoms with van der Waals surface area (Å²) in [6.45, 7) is 7.14. The van der Waals surface area contributed by atoms with E-state index in [4.69, 9.17) is 0 Å². The summed E-state index contributed by atoms with van der Waals surface area (Å²) >= 11 is 1.72. The van der Waals surface area contributed by atoms with Gasteiger partial charge in [-0.25, -0.2) is 0 Å². The van der Waals surface area contributed by atoms with Crippen LogP contribution < -0.4 is 5.32 Å². The van der Waals surface area contributed by atoms with Gasteiger partial charge in [-0.05, 0) is 24.8 Å². The van der Waals surface area contributed by atoms with Crippen LogP contribution in [-0.4, -0.2) is 29.4 Å². The number of hydrogen-bond acceptors (Lipinski definition) is 3. The van der Waals surface area contributed by atoms with E-state index in [1.54, 1.807) is 11.3 Å². The van der Waals surface area contributed by atoms with Gasteiger partial charge in [0.05, 0.1) is 12.1 Å². The molecule has 1 aliphatic rings. The molecule has 1 N–H and O–H groups in total. The topological polar surface area (TPSA) is 32.3 Å². The third-order valence-corrected chi connectivity index (χ3v) is 4.24. The highest BCUT2D eigenvalue weighted by atomic mass is 32.1. The smallest absolute Gasteiger partial charge is 0.240 e. The van der Waals surface area contributed by atoms with Crippen molar-refractivity contribution in [1.82, 2.24) is 10.2 Å². The first-order chi connectivity index (χ1) is 8.09. The Hall–Kier alpha value is -0.870. The Bertz CT molecular complexity index is 375. The van der Waals surface area contributed by atoms with E-state index in [1.807, 2.05) is 11.0 Å². The molecule has 2 unspecified atom stereocenters. The van der Waals surface area contributed by atoms with E-state index < -0.39 is 0 Å². The highest BCUT2D eigenvalue weighted by Gasteiger charge is 2.34. The van der Waals surface area contributed by atoms with Gasteiger partial charge in [0, 0.05) is 17.5 Å². The average molecular weight is 252 g/mol. The monoisotopic (exact) mass is 252 g/mol. The molecular formula is C13H20N2OS. The molecule has 2 heterocycles. The third-order valence-electron chi connectivity index (χ3n) is 3.20. The Morgan fingerprint density at radius 1 is 1.47 bits per heavy atom. The Morgan fingerprint density at radius 2 is 2.24 bits per heavy atom. The van der Waals surface area contributed by atoms with Gasteiger partial charge in [0.25, 0.3) is 0 Å². The second-order valence-electron chi connectivity index (χ2n) is 4.89. The molecular weight excluding hydrogens is 232 g/mol. The maximum atomic E-state index is 12.2. The molecule has 0 spiro atoms. The van der Waals surface area contributed by atoms with Gasteiger partial charge < -0.3 is 10.2 Å². The van der Waals surface area contributed by atoms with Crippen LogP contribution >= 0.6 is 11.3 Å². The maximum Gasteiger partial charge on any atom is 0.240 e. The Morgan fingerprint density at radius 3 is 2.82 bits per heavy atom. The normalized spacial score (nSPS) is 22.5. The number of nitrogens with one attached hydrogen (secondary N) is 1. The number of thiophene rings is 1. The second kappa shape index (κ2) is 5.19. The number of amides is 1. The van der Waals surface area contributed by atoms with Crippen molar-refractivity contribution in [2.75, 3.05) is 6.54 Å². The van der Waals surface area contributed by atoms with Crippen molar-refractivity contribution in [2.45, 2.75) is 45.3 Å². The van der Waals surface area contributed by atoms with Crippen molar-refractivity contribution in [3.63, 3.8) is 0 Å². The first kappa shape index (κ1) is 12.6. The van der Waals surface area contributed by atoms with E-state index in [1.165, 1.54) is 4.88 Å². The lowest BCUT2D eigenvalue weighted by molar-refractivity contribution is -0.131. The standard InChI is InChI=1S/C13H20N2OS/c1-9(2)14-11-6-7-15(13(11)16)10(3)12-5-4-8-17-12/h4-5,8-11,14H,6-7H2,1-3H3. The van der Waals surface area contributed by atoms with Crippen LogP contribution in [0.4, 0.5) is 0 Å². The zero-order chi connectivity index (χ0) is 12.4. The Balaban J connectivity index is 2.02. The van der Waals surface area contributed by atoms with Gasteiger partial charge in [0.15, 0.2) is 0 Å². The van der Waals surface area contributed by atoms with Crippen LogP contribution in [0.1, 0.15) is 38.1 Å². The summed E-state index contributed by atoms with van der Waals surface area (Å²) < 4.78 is 0. The quantitative estimate of drug-likeness (QED) is 0.892. The van der Waals surface area contributed by atoms with Gasteiger partial charge in [-0.15, -0.1) is 11.3 Å². The van der Waals surface area contributed by atoms with Gasteiger partial charge in [0.2, 0.25) is 5.91 Å². The van der Waals surface area contributed by atoms with Crippen LogP contribution in [0, 0.1) is 0 Å². The van der Waals surface area contributed by atoms with Crippen molar-refractivity contribution in [3.05, 3.63) is 22.4 Å². The lowest BCUT2D eigenvalue weighted by Gasteiger charge is -2.24. The fourth-order valence-corrected chi connectivity index (χ4v) is 3.12. The van der Waals surface area contributed by atoms with E-state index >= 15 is 0 Å². The van der Waals surface area contributed by atoms with Crippen LogP contribution in [0.3, 0.4) is 0 Å². The van der Waals surface area contributed by atoms with Crippen molar-refractivity contribution >= 4 is 17.2 Å². The maximum absolute atomic E-state index is 12.2. The lowest BCUT2D eigenvalue weighted by atomic mass is 10.2. The zero-order valence-electron chi connectivity index (χ0n) is 10.6. The number of hydrogen-bond donors (Lipinski definition) is 1. The molecule has 0 bridgehead atoms. The molecule has 1 saturated heterocycles. The summed E-state index contributed by atoms with van der Waals surface area (Å²) in [6.07, 6.45) is 0.923. The van der Waals surface area contributed by atoms with E-state index in [0.717, 1.165) is 13.0 Å². The highest BCUT2D eigenvalue weighted by molar-refractivity contribution is 7.10. The lowest BCUT2D eigenvalue weighted by Crippen LogP contribution is -2.42. The molecule has 17 heavy (non-hydrogen) atoms. The summed E-state index contributed by atoms with van der Waals surface area (Å²) in [6, 6.07) is 4.73. The minimum Gasteiger partial charge on any atom is -0.334 e. The first-order valence-corrected chi connectivity index (χ1v) is 7.07. The number of carbonyl (C=O) groups is 1. The SMILES string of the molecule is CC(C)NC1CCN(C(C)c2cccs2)C1=O. The van der Waals surface area contributed by atoms with E-state index in [0.29, 0.717) is 6.04 Å². The molecule has 1 aromatic rings. The van der Waals surface area contributed by atoms with Crippen LogP contribution in [-0.2, 0) is 4.79 Å². The molecule has 0 aliphatic carbocycles. The molecule has 1 aliphatic heterocycles. The largest absolute Gasteiger partial charge is 0.334 e. The number of nitrogens with zero attached hydrogens (tertiary/aromatic N) is 1. The van der Waals surface area contributed by atoms with Gasteiger partial charge >= 0.3 is 0 Å².